The third-order valence-corrected chi connectivity index (χ3v) is 3.03. The van der Waals surface area contributed by atoms with Gasteiger partial charge in [-0.3, -0.25) is 4.68 Å². The van der Waals surface area contributed by atoms with Crippen LogP contribution >= 0.6 is 0 Å². The molecule has 0 saturated carbocycles. The number of aryl methyl sites for hydroxylation is 1. The van der Waals surface area contributed by atoms with E-state index < -0.39 is 0 Å². The zero-order chi connectivity index (χ0) is 13.8. The van der Waals surface area contributed by atoms with Gasteiger partial charge in [-0.2, -0.15) is 5.10 Å². The molecule has 4 heteroatoms. The fourth-order valence-electron chi connectivity index (χ4n) is 1.99. The van der Waals surface area contributed by atoms with E-state index >= 15 is 0 Å². The van der Waals surface area contributed by atoms with Crippen LogP contribution in [0.25, 0.3) is 0 Å². The van der Waals surface area contributed by atoms with E-state index in [1.54, 1.807) is 10.7 Å². The molecule has 1 aromatic heterocycles. The Kier molecular flexibility index (Phi) is 4.10. The summed E-state index contributed by atoms with van der Waals surface area (Å²) in [4.78, 5) is 0. The maximum Gasteiger partial charge on any atom is 0.145 e. The number of nitrogens with two attached hydrogens (primary N) is 1. The Balaban J connectivity index is 2.00. The maximum atomic E-state index is 5.89. The molecule has 0 bridgehead atoms. The van der Waals surface area contributed by atoms with Crippen LogP contribution < -0.4 is 10.5 Å². The van der Waals surface area contributed by atoms with Crippen molar-refractivity contribution in [2.75, 3.05) is 12.3 Å². The average Bonchev–Trinajstić information content (AvgIpc) is 2.75. The van der Waals surface area contributed by atoms with Crippen LogP contribution in [0.4, 0.5) is 5.82 Å². The van der Waals surface area contributed by atoms with Gasteiger partial charge in [0.25, 0.3) is 0 Å². The van der Waals surface area contributed by atoms with Crippen molar-refractivity contribution in [3.63, 3.8) is 0 Å². The molecule has 1 aromatic carbocycles. The predicted octanol–water partition coefficient (Wildman–Crippen LogP) is 2.98. The van der Waals surface area contributed by atoms with Crippen molar-refractivity contribution in [1.29, 1.82) is 0 Å². The van der Waals surface area contributed by atoms with Crippen molar-refractivity contribution in [3.05, 3.63) is 41.6 Å². The summed E-state index contributed by atoms with van der Waals surface area (Å²) in [5, 5.41) is 4.13. The van der Waals surface area contributed by atoms with E-state index in [2.05, 4.69) is 44.1 Å². The molecule has 0 amide bonds. The lowest BCUT2D eigenvalue weighted by Crippen LogP contribution is -2.10. The molecular formula is C15H21N3O. The highest BCUT2D eigenvalue weighted by molar-refractivity contribution is 5.39. The van der Waals surface area contributed by atoms with Crippen molar-refractivity contribution in [2.45, 2.75) is 33.2 Å². The molecule has 0 radical (unpaired) electrons. The van der Waals surface area contributed by atoms with Gasteiger partial charge in [0.1, 0.15) is 18.2 Å². The number of anilines is 1. The van der Waals surface area contributed by atoms with Gasteiger partial charge in [-0.25, -0.2) is 0 Å². The van der Waals surface area contributed by atoms with Crippen LogP contribution in [0.5, 0.6) is 5.75 Å². The second kappa shape index (κ2) is 5.78. The molecule has 2 rings (SSSR count). The van der Waals surface area contributed by atoms with E-state index in [4.69, 9.17) is 10.5 Å². The van der Waals surface area contributed by atoms with Crippen LogP contribution in [0.3, 0.4) is 0 Å². The summed E-state index contributed by atoms with van der Waals surface area (Å²) >= 11 is 0. The van der Waals surface area contributed by atoms with E-state index in [1.807, 2.05) is 6.20 Å². The van der Waals surface area contributed by atoms with Crippen molar-refractivity contribution < 1.29 is 4.74 Å². The molecule has 1 heterocycles. The van der Waals surface area contributed by atoms with Gasteiger partial charge in [0.2, 0.25) is 0 Å². The number of ether oxygens (including phenoxy) is 1. The first kappa shape index (κ1) is 13.5. The molecule has 0 aliphatic heterocycles. The van der Waals surface area contributed by atoms with Gasteiger partial charge in [-0.05, 0) is 36.1 Å². The third-order valence-electron chi connectivity index (χ3n) is 3.03. The predicted molar refractivity (Wildman–Crippen MR) is 77.4 cm³/mol. The van der Waals surface area contributed by atoms with E-state index in [1.165, 1.54) is 11.1 Å². The van der Waals surface area contributed by atoms with Crippen molar-refractivity contribution in [1.82, 2.24) is 9.78 Å². The molecule has 0 aliphatic carbocycles. The highest BCUT2D eigenvalue weighted by Crippen LogP contribution is 2.27. The normalized spacial score (nSPS) is 10.9. The summed E-state index contributed by atoms with van der Waals surface area (Å²) in [5.41, 5.74) is 8.02. The Hall–Kier alpha value is -1.97. The van der Waals surface area contributed by atoms with Crippen LogP contribution in [0.2, 0.25) is 0 Å². The lowest BCUT2D eigenvalue weighted by molar-refractivity contribution is 0.288. The van der Waals surface area contributed by atoms with Gasteiger partial charge in [-0.1, -0.05) is 26.0 Å². The van der Waals surface area contributed by atoms with Crippen molar-refractivity contribution in [2.24, 2.45) is 0 Å². The second-order valence-electron chi connectivity index (χ2n) is 5.05. The second-order valence-corrected chi connectivity index (χ2v) is 5.05. The highest BCUT2D eigenvalue weighted by Gasteiger charge is 2.08. The maximum absolute atomic E-state index is 5.89. The Morgan fingerprint density at radius 3 is 2.74 bits per heavy atom. The largest absolute Gasteiger partial charge is 0.491 e. The molecule has 19 heavy (non-hydrogen) atoms. The van der Waals surface area contributed by atoms with Crippen LogP contribution in [-0.4, -0.2) is 16.4 Å². The minimum absolute atomic E-state index is 0.455. The number of benzene rings is 1. The van der Waals surface area contributed by atoms with Gasteiger partial charge in [0.15, 0.2) is 0 Å². The number of rotatable bonds is 5. The summed E-state index contributed by atoms with van der Waals surface area (Å²) in [6.07, 6.45) is 1.86. The number of aromatic nitrogens is 2. The van der Waals surface area contributed by atoms with Gasteiger partial charge in [0.05, 0.1) is 6.54 Å². The molecule has 4 nitrogen and oxygen atoms in total. The lowest BCUT2D eigenvalue weighted by atomic mass is 10.0. The van der Waals surface area contributed by atoms with Gasteiger partial charge in [0, 0.05) is 6.20 Å². The summed E-state index contributed by atoms with van der Waals surface area (Å²) < 4.78 is 7.68. The molecule has 0 aliphatic rings. The molecule has 0 fully saturated rings. The van der Waals surface area contributed by atoms with E-state index in [0.29, 0.717) is 24.9 Å². The van der Waals surface area contributed by atoms with Crippen LogP contribution in [-0.2, 0) is 6.54 Å². The highest BCUT2D eigenvalue weighted by atomic mass is 16.5. The first-order valence-electron chi connectivity index (χ1n) is 6.58. The average molecular weight is 259 g/mol. The molecule has 0 unspecified atom stereocenters. The SMILES string of the molecule is Cc1ccc(C(C)C)c(OCCn2ccc(N)n2)c1. The van der Waals surface area contributed by atoms with Gasteiger partial charge >= 0.3 is 0 Å². The van der Waals surface area contributed by atoms with Crippen LogP contribution in [0, 0.1) is 6.92 Å². The quantitative estimate of drug-likeness (QED) is 0.898. The molecule has 2 N–H and O–H groups in total. The number of hydrogen-bond donors (Lipinski definition) is 1. The van der Waals surface area contributed by atoms with E-state index in [9.17, 15) is 0 Å². The number of nitrogens with zero attached hydrogens (tertiary/aromatic N) is 2. The fraction of sp³-hybridized carbons (Fsp3) is 0.400. The minimum atomic E-state index is 0.455. The summed E-state index contributed by atoms with van der Waals surface area (Å²) in [5.74, 6) is 1.96. The zero-order valence-electron chi connectivity index (χ0n) is 11.8. The van der Waals surface area contributed by atoms with Gasteiger partial charge in [-0.15, -0.1) is 0 Å². The topological polar surface area (TPSA) is 53.1 Å². The first-order chi connectivity index (χ1) is 9.06. The molecule has 0 spiro atoms. The third kappa shape index (κ3) is 3.50. The Morgan fingerprint density at radius 1 is 1.32 bits per heavy atom. The van der Waals surface area contributed by atoms with E-state index in [0.717, 1.165) is 5.75 Å². The molecule has 0 atom stereocenters. The van der Waals surface area contributed by atoms with E-state index in [-0.39, 0.29) is 0 Å². The Labute approximate surface area is 114 Å². The Bertz CT molecular complexity index is 546. The monoisotopic (exact) mass is 259 g/mol. The van der Waals surface area contributed by atoms with Crippen LogP contribution in [0.1, 0.15) is 30.9 Å². The number of hydrogen-bond acceptors (Lipinski definition) is 3. The minimum Gasteiger partial charge on any atom is -0.491 e. The summed E-state index contributed by atoms with van der Waals surface area (Å²) in [6.45, 7) is 7.70. The summed E-state index contributed by atoms with van der Waals surface area (Å²) in [7, 11) is 0. The summed E-state index contributed by atoms with van der Waals surface area (Å²) in [6, 6.07) is 8.14. The molecule has 102 valence electrons. The first-order valence-corrected chi connectivity index (χ1v) is 6.58. The van der Waals surface area contributed by atoms with Crippen LogP contribution in [0.15, 0.2) is 30.5 Å². The van der Waals surface area contributed by atoms with Gasteiger partial charge < -0.3 is 10.5 Å². The van der Waals surface area contributed by atoms with Crippen molar-refractivity contribution >= 4 is 5.82 Å². The van der Waals surface area contributed by atoms with Crippen molar-refractivity contribution in [3.8, 4) is 5.75 Å². The fourth-order valence-corrected chi connectivity index (χ4v) is 1.99. The Morgan fingerprint density at radius 2 is 2.11 bits per heavy atom. The standard InChI is InChI=1S/C15H21N3O/c1-11(2)13-5-4-12(3)10-14(13)19-9-8-18-7-6-15(16)17-18/h4-7,10-11H,8-9H2,1-3H3,(H2,16,17). The lowest BCUT2D eigenvalue weighted by Gasteiger charge is -2.14. The molecule has 0 saturated heterocycles. The molecule has 2 aromatic rings. The zero-order valence-corrected chi connectivity index (χ0v) is 11.8. The molecular weight excluding hydrogens is 238 g/mol. The number of nitrogen functional groups attached to an aromatic ring is 1. The smallest absolute Gasteiger partial charge is 0.145 e.